The number of methoxy groups -OCH3 is 1. The second-order valence-corrected chi connectivity index (χ2v) is 3.35. The average molecular weight is 211 g/mol. The predicted molar refractivity (Wildman–Crippen MR) is 57.0 cm³/mol. The van der Waals surface area contributed by atoms with E-state index >= 15 is 0 Å². The van der Waals surface area contributed by atoms with Crippen molar-refractivity contribution in [2.75, 3.05) is 7.11 Å². The summed E-state index contributed by atoms with van der Waals surface area (Å²) < 4.78 is 7.00. The number of halogens is 1. The molecule has 0 aliphatic heterocycles. The van der Waals surface area contributed by atoms with E-state index in [1.165, 1.54) is 0 Å². The van der Waals surface area contributed by atoms with E-state index in [0.717, 1.165) is 23.2 Å². The molecule has 2 aromatic rings. The monoisotopic (exact) mass is 210 g/mol. The van der Waals surface area contributed by atoms with Gasteiger partial charge >= 0.3 is 0 Å². The fraction of sp³-hybridized carbons (Fsp3) is 0.300. The summed E-state index contributed by atoms with van der Waals surface area (Å²) in [7, 11) is 1.64. The van der Waals surface area contributed by atoms with Crippen LogP contribution in [0.25, 0.3) is 10.9 Å². The zero-order valence-electron chi connectivity index (χ0n) is 8.12. The van der Waals surface area contributed by atoms with Gasteiger partial charge < -0.3 is 4.74 Å². The molecule has 0 radical (unpaired) electrons. The number of ether oxygens (including phenoxy) is 1. The topological polar surface area (TPSA) is 27.1 Å². The molecule has 0 bridgehead atoms. The maximum atomic E-state index is 6.00. The second-order valence-electron chi connectivity index (χ2n) is 2.99. The zero-order chi connectivity index (χ0) is 10.1. The van der Waals surface area contributed by atoms with E-state index in [2.05, 4.69) is 5.10 Å². The van der Waals surface area contributed by atoms with E-state index in [9.17, 15) is 0 Å². The number of rotatable bonds is 2. The van der Waals surface area contributed by atoms with Gasteiger partial charge in [0.2, 0.25) is 0 Å². The fourth-order valence-corrected chi connectivity index (χ4v) is 1.73. The third-order valence-corrected chi connectivity index (χ3v) is 2.49. The third-order valence-electron chi connectivity index (χ3n) is 2.21. The van der Waals surface area contributed by atoms with Crippen LogP contribution in [0.5, 0.6) is 5.75 Å². The molecular weight excluding hydrogens is 200 g/mol. The van der Waals surface area contributed by atoms with Crippen molar-refractivity contribution >= 4 is 22.5 Å². The molecule has 4 heteroatoms. The number of aromatic nitrogens is 2. The standard InChI is InChI=1S/C10H11ClN2O/c1-3-13-9-5-4-7(14-2)6-8(9)10(11)12-13/h4-6H,3H2,1-2H3. The predicted octanol–water partition coefficient (Wildman–Crippen LogP) is 2.72. The van der Waals surface area contributed by atoms with Gasteiger partial charge in [-0.05, 0) is 25.1 Å². The number of nitrogens with zero attached hydrogens (tertiary/aromatic N) is 2. The normalized spacial score (nSPS) is 10.8. The summed E-state index contributed by atoms with van der Waals surface area (Å²) in [6.07, 6.45) is 0. The fourth-order valence-electron chi connectivity index (χ4n) is 1.49. The van der Waals surface area contributed by atoms with Gasteiger partial charge in [0, 0.05) is 11.9 Å². The van der Waals surface area contributed by atoms with Crippen molar-refractivity contribution in [1.82, 2.24) is 9.78 Å². The van der Waals surface area contributed by atoms with Crippen molar-refractivity contribution in [2.24, 2.45) is 0 Å². The molecule has 74 valence electrons. The molecule has 1 heterocycles. The minimum absolute atomic E-state index is 0.528. The Hall–Kier alpha value is -1.22. The second kappa shape index (κ2) is 3.50. The lowest BCUT2D eigenvalue weighted by atomic mass is 10.2. The molecular formula is C10H11ClN2O. The Morgan fingerprint density at radius 1 is 1.50 bits per heavy atom. The van der Waals surface area contributed by atoms with E-state index in [1.807, 2.05) is 29.8 Å². The van der Waals surface area contributed by atoms with Gasteiger partial charge in [-0.3, -0.25) is 4.68 Å². The maximum absolute atomic E-state index is 6.00. The Balaban J connectivity index is 2.70. The van der Waals surface area contributed by atoms with Gasteiger partial charge in [0.15, 0.2) is 5.15 Å². The van der Waals surface area contributed by atoms with E-state index in [-0.39, 0.29) is 0 Å². The van der Waals surface area contributed by atoms with E-state index < -0.39 is 0 Å². The van der Waals surface area contributed by atoms with Crippen LogP contribution >= 0.6 is 11.6 Å². The van der Waals surface area contributed by atoms with Crippen LogP contribution in [0.4, 0.5) is 0 Å². The van der Waals surface area contributed by atoms with Gasteiger partial charge in [0.05, 0.1) is 12.6 Å². The molecule has 3 nitrogen and oxygen atoms in total. The van der Waals surface area contributed by atoms with Gasteiger partial charge in [-0.1, -0.05) is 11.6 Å². The number of hydrogen-bond donors (Lipinski definition) is 0. The van der Waals surface area contributed by atoms with Crippen LogP contribution in [0.1, 0.15) is 6.92 Å². The van der Waals surface area contributed by atoms with Crippen molar-refractivity contribution in [3.63, 3.8) is 0 Å². The van der Waals surface area contributed by atoms with Crippen molar-refractivity contribution in [2.45, 2.75) is 13.5 Å². The van der Waals surface area contributed by atoms with Crippen LogP contribution < -0.4 is 4.74 Å². The Morgan fingerprint density at radius 3 is 2.93 bits per heavy atom. The average Bonchev–Trinajstić information content (AvgIpc) is 2.55. The Bertz CT molecular complexity index is 464. The van der Waals surface area contributed by atoms with Crippen LogP contribution in [0.15, 0.2) is 18.2 Å². The number of fused-ring (bicyclic) bond motifs is 1. The van der Waals surface area contributed by atoms with Gasteiger partial charge in [0.25, 0.3) is 0 Å². The highest BCUT2D eigenvalue weighted by Crippen LogP contribution is 2.26. The highest BCUT2D eigenvalue weighted by Gasteiger charge is 2.07. The molecule has 1 aromatic heterocycles. The van der Waals surface area contributed by atoms with Crippen molar-refractivity contribution < 1.29 is 4.74 Å². The quantitative estimate of drug-likeness (QED) is 0.762. The third kappa shape index (κ3) is 1.34. The molecule has 0 spiro atoms. The maximum Gasteiger partial charge on any atom is 0.159 e. The van der Waals surface area contributed by atoms with E-state index in [0.29, 0.717) is 5.15 Å². The number of benzene rings is 1. The highest BCUT2D eigenvalue weighted by molar-refractivity contribution is 6.34. The first-order chi connectivity index (χ1) is 6.76. The molecule has 0 amide bonds. The SMILES string of the molecule is CCn1nc(Cl)c2cc(OC)ccc21. The van der Waals surface area contributed by atoms with E-state index in [1.54, 1.807) is 7.11 Å². The zero-order valence-corrected chi connectivity index (χ0v) is 8.88. The van der Waals surface area contributed by atoms with Crippen LogP contribution in [0.3, 0.4) is 0 Å². The lowest BCUT2D eigenvalue weighted by Crippen LogP contribution is -1.95. The molecule has 1 aromatic carbocycles. The summed E-state index contributed by atoms with van der Waals surface area (Å²) in [4.78, 5) is 0. The molecule has 0 aliphatic carbocycles. The lowest BCUT2D eigenvalue weighted by Gasteiger charge is -2.00. The summed E-state index contributed by atoms with van der Waals surface area (Å²) in [5.74, 6) is 0.801. The Labute approximate surface area is 87.2 Å². The molecule has 2 rings (SSSR count). The van der Waals surface area contributed by atoms with Crippen molar-refractivity contribution in [3.8, 4) is 5.75 Å². The minimum Gasteiger partial charge on any atom is -0.497 e. The Kier molecular flexibility index (Phi) is 2.33. The van der Waals surface area contributed by atoms with Crippen molar-refractivity contribution in [1.29, 1.82) is 0 Å². The van der Waals surface area contributed by atoms with Gasteiger partial charge in [-0.15, -0.1) is 0 Å². The van der Waals surface area contributed by atoms with Crippen molar-refractivity contribution in [3.05, 3.63) is 23.4 Å². The smallest absolute Gasteiger partial charge is 0.159 e. The molecule has 0 aliphatic rings. The first kappa shape index (κ1) is 9.34. The van der Waals surface area contributed by atoms with Gasteiger partial charge in [-0.25, -0.2) is 0 Å². The molecule has 0 N–H and O–H groups in total. The molecule has 14 heavy (non-hydrogen) atoms. The van der Waals surface area contributed by atoms with E-state index in [4.69, 9.17) is 16.3 Å². The molecule has 0 atom stereocenters. The first-order valence-electron chi connectivity index (χ1n) is 4.46. The van der Waals surface area contributed by atoms with Crippen LogP contribution in [0.2, 0.25) is 5.15 Å². The molecule has 0 unspecified atom stereocenters. The summed E-state index contributed by atoms with van der Waals surface area (Å²) in [5.41, 5.74) is 1.04. The number of hydrogen-bond acceptors (Lipinski definition) is 2. The summed E-state index contributed by atoms with van der Waals surface area (Å²) >= 11 is 6.00. The largest absolute Gasteiger partial charge is 0.497 e. The molecule has 0 saturated carbocycles. The van der Waals surface area contributed by atoms with Crippen LogP contribution in [0, 0.1) is 0 Å². The van der Waals surface area contributed by atoms with Crippen LogP contribution in [-0.2, 0) is 6.54 Å². The van der Waals surface area contributed by atoms with Gasteiger partial charge in [0.1, 0.15) is 5.75 Å². The number of aryl methyl sites for hydroxylation is 1. The Morgan fingerprint density at radius 2 is 2.29 bits per heavy atom. The van der Waals surface area contributed by atoms with Crippen LogP contribution in [-0.4, -0.2) is 16.9 Å². The molecule has 0 fully saturated rings. The highest BCUT2D eigenvalue weighted by atomic mass is 35.5. The van der Waals surface area contributed by atoms with Gasteiger partial charge in [-0.2, -0.15) is 5.10 Å². The summed E-state index contributed by atoms with van der Waals surface area (Å²) in [6.45, 7) is 2.85. The lowest BCUT2D eigenvalue weighted by molar-refractivity contribution is 0.415. The summed E-state index contributed by atoms with van der Waals surface area (Å²) in [6, 6.07) is 5.78. The minimum atomic E-state index is 0.528. The molecule has 0 saturated heterocycles. The first-order valence-corrected chi connectivity index (χ1v) is 4.84. The summed E-state index contributed by atoms with van der Waals surface area (Å²) in [5, 5.41) is 5.68.